The molecule has 2 heterocycles. The van der Waals surface area contributed by atoms with Crippen molar-refractivity contribution < 1.29 is 9.21 Å². The molecule has 1 aliphatic carbocycles. The Kier molecular flexibility index (Phi) is 5.50. The minimum absolute atomic E-state index is 0.0265. The smallest absolute Gasteiger partial charge is 0.258 e. The Labute approximate surface area is 148 Å². The Morgan fingerprint density at radius 2 is 2.00 bits per heavy atom. The second-order valence-corrected chi connectivity index (χ2v) is 7.00. The van der Waals surface area contributed by atoms with Crippen molar-refractivity contribution in [1.82, 2.24) is 25.3 Å². The molecular formula is C18H27N5O2. The molecular weight excluding hydrogens is 318 g/mol. The number of H-pyrrole nitrogens is 1. The largest absolute Gasteiger partial charge is 0.423 e. The van der Waals surface area contributed by atoms with Crippen LogP contribution in [0, 0.1) is 0 Å². The molecule has 0 saturated heterocycles. The summed E-state index contributed by atoms with van der Waals surface area (Å²) in [7, 11) is 0. The summed E-state index contributed by atoms with van der Waals surface area (Å²) in [6.45, 7) is 6.27. The van der Waals surface area contributed by atoms with Gasteiger partial charge in [0.1, 0.15) is 0 Å². The van der Waals surface area contributed by atoms with Gasteiger partial charge in [-0.2, -0.15) is 5.10 Å². The van der Waals surface area contributed by atoms with Gasteiger partial charge in [-0.1, -0.05) is 26.2 Å². The number of hydrogen-bond donors (Lipinski definition) is 1. The summed E-state index contributed by atoms with van der Waals surface area (Å²) in [5, 5.41) is 15.3. The summed E-state index contributed by atoms with van der Waals surface area (Å²) < 4.78 is 5.59. The van der Waals surface area contributed by atoms with Gasteiger partial charge in [0.15, 0.2) is 0 Å². The monoisotopic (exact) mass is 345 g/mol. The van der Waals surface area contributed by atoms with Crippen molar-refractivity contribution in [3.63, 3.8) is 0 Å². The average Bonchev–Trinajstić information content (AvgIpc) is 3.28. The molecule has 2 aromatic rings. The molecule has 0 bridgehead atoms. The van der Waals surface area contributed by atoms with Crippen LogP contribution in [0.5, 0.6) is 0 Å². The maximum absolute atomic E-state index is 13.2. The van der Waals surface area contributed by atoms with Crippen LogP contribution in [0.15, 0.2) is 10.6 Å². The van der Waals surface area contributed by atoms with E-state index in [4.69, 9.17) is 4.42 Å². The number of carbonyl (C=O) groups excluding carboxylic acids is 1. The average molecular weight is 345 g/mol. The van der Waals surface area contributed by atoms with E-state index in [1.54, 1.807) is 11.1 Å². The van der Waals surface area contributed by atoms with E-state index in [1.807, 2.05) is 20.8 Å². The number of nitrogens with one attached hydrogen (secondary N) is 1. The Bertz CT molecular complexity index is 700. The Morgan fingerprint density at radius 3 is 2.64 bits per heavy atom. The standard InChI is InChI=1S/C18H27N5O2/c1-4-15-20-21-16(25-15)11-23(12(2)3)18(24)14-10-19-22-17(14)13-8-6-5-7-9-13/h10,12-13H,4-9,11H2,1-3H3,(H,19,22). The van der Waals surface area contributed by atoms with Crippen molar-refractivity contribution in [1.29, 1.82) is 0 Å². The van der Waals surface area contributed by atoms with Crippen LogP contribution in [0.4, 0.5) is 0 Å². The molecule has 0 aromatic carbocycles. The van der Waals surface area contributed by atoms with Gasteiger partial charge in [-0.15, -0.1) is 10.2 Å². The molecule has 0 aliphatic heterocycles. The fraction of sp³-hybridized carbons (Fsp3) is 0.667. The summed E-state index contributed by atoms with van der Waals surface area (Å²) >= 11 is 0. The van der Waals surface area contributed by atoms with Crippen molar-refractivity contribution in [3.05, 3.63) is 29.2 Å². The third-order valence-electron chi connectivity index (χ3n) is 4.91. The van der Waals surface area contributed by atoms with E-state index in [0.29, 0.717) is 36.2 Å². The first-order chi connectivity index (χ1) is 12.1. The molecule has 0 spiro atoms. The summed E-state index contributed by atoms with van der Waals surface area (Å²) in [5.74, 6) is 1.44. The van der Waals surface area contributed by atoms with Crippen molar-refractivity contribution in [2.45, 2.75) is 77.8 Å². The van der Waals surface area contributed by atoms with E-state index >= 15 is 0 Å². The van der Waals surface area contributed by atoms with Gasteiger partial charge in [0.05, 0.1) is 24.0 Å². The lowest BCUT2D eigenvalue weighted by Gasteiger charge is -2.27. The van der Waals surface area contributed by atoms with Gasteiger partial charge < -0.3 is 9.32 Å². The van der Waals surface area contributed by atoms with E-state index in [0.717, 1.165) is 18.5 Å². The molecule has 7 nitrogen and oxygen atoms in total. The van der Waals surface area contributed by atoms with Gasteiger partial charge >= 0.3 is 0 Å². The van der Waals surface area contributed by atoms with Crippen LogP contribution in [0.2, 0.25) is 0 Å². The Hall–Kier alpha value is -2.18. The van der Waals surface area contributed by atoms with Crippen LogP contribution in [-0.2, 0) is 13.0 Å². The zero-order valence-corrected chi connectivity index (χ0v) is 15.3. The molecule has 25 heavy (non-hydrogen) atoms. The van der Waals surface area contributed by atoms with Crippen LogP contribution < -0.4 is 0 Å². The quantitative estimate of drug-likeness (QED) is 0.866. The van der Waals surface area contributed by atoms with E-state index in [1.165, 1.54) is 19.3 Å². The highest BCUT2D eigenvalue weighted by molar-refractivity contribution is 5.95. The topological polar surface area (TPSA) is 87.9 Å². The minimum Gasteiger partial charge on any atom is -0.423 e. The highest BCUT2D eigenvalue weighted by atomic mass is 16.4. The van der Waals surface area contributed by atoms with Crippen molar-refractivity contribution in [2.75, 3.05) is 0 Å². The van der Waals surface area contributed by atoms with E-state index < -0.39 is 0 Å². The number of aromatic nitrogens is 4. The highest BCUT2D eigenvalue weighted by Crippen LogP contribution is 2.33. The number of aryl methyl sites for hydroxylation is 1. The van der Waals surface area contributed by atoms with Crippen LogP contribution in [0.3, 0.4) is 0 Å². The number of nitrogens with zero attached hydrogens (tertiary/aromatic N) is 4. The maximum atomic E-state index is 13.2. The molecule has 0 unspecified atom stereocenters. The Balaban J connectivity index is 1.80. The first-order valence-electron chi connectivity index (χ1n) is 9.25. The molecule has 7 heteroatoms. The van der Waals surface area contributed by atoms with Crippen molar-refractivity contribution >= 4 is 5.91 Å². The van der Waals surface area contributed by atoms with Crippen LogP contribution in [0.25, 0.3) is 0 Å². The SMILES string of the molecule is CCc1nnc(CN(C(=O)c2cn[nH]c2C2CCCCC2)C(C)C)o1. The zero-order valence-electron chi connectivity index (χ0n) is 15.3. The lowest BCUT2D eigenvalue weighted by Crippen LogP contribution is -2.37. The lowest BCUT2D eigenvalue weighted by atomic mass is 9.85. The predicted molar refractivity (Wildman–Crippen MR) is 93.1 cm³/mol. The first kappa shape index (κ1) is 17.6. The fourth-order valence-electron chi connectivity index (χ4n) is 3.45. The van der Waals surface area contributed by atoms with Crippen LogP contribution in [-0.4, -0.2) is 37.2 Å². The third-order valence-corrected chi connectivity index (χ3v) is 4.91. The molecule has 1 saturated carbocycles. The van der Waals surface area contributed by atoms with Crippen molar-refractivity contribution in [2.24, 2.45) is 0 Å². The number of hydrogen-bond acceptors (Lipinski definition) is 5. The molecule has 1 aliphatic rings. The maximum Gasteiger partial charge on any atom is 0.258 e. The zero-order chi connectivity index (χ0) is 17.8. The lowest BCUT2D eigenvalue weighted by molar-refractivity contribution is 0.0669. The second-order valence-electron chi connectivity index (χ2n) is 7.00. The third kappa shape index (κ3) is 3.91. The molecule has 1 N–H and O–H groups in total. The summed E-state index contributed by atoms with van der Waals surface area (Å²) in [6, 6.07) is 0.0265. The van der Waals surface area contributed by atoms with Gasteiger partial charge in [0.25, 0.3) is 5.91 Å². The summed E-state index contributed by atoms with van der Waals surface area (Å²) in [4.78, 5) is 14.9. The molecule has 1 fully saturated rings. The minimum atomic E-state index is -0.0272. The van der Waals surface area contributed by atoms with Gasteiger partial charge in [0.2, 0.25) is 11.8 Å². The van der Waals surface area contributed by atoms with Gasteiger partial charge in [0, 0.05) is 18.4 Å². The first-order valence-corrected chi connectivity index (χ1v) is 9.25. The molecule has 2 aromatic heterocycles. The molecule has 0 atom stereocenters. The number of aromatic amines is 1. The van der Waals surface area contributed by atoms with Gasteiger partial charge in [-0.3, -0.25) is 9.89 Å². The summed E-state index contributed by atoms with van der Waals surface area (Å²) in [5.41, 5.74) is 1.66. The van der Waals surface area contributed by atoms with Crippen molar-refractivity contribution in [3.8, 4) is 0 Å². The summed E-state index contributed by atoms with van der Waals surface area (Å²) in [6.07, 6.45) is 8.30. The number of rotatable bonds is 6. The predicted octanol–water partition coefficient (Wildman–Crippen LogP) is 3.45. The van der Waals surface area contributed by atoms with Gasteiger partial charge in [-0.05, 0) is 26.7 Å². The van der Waals surface area contributed by atoms with E-state index in [9.17, 15) is 4.79 Å². The molecule has 136 valence electrons. The van der Waals surface area contributed by atoms with Gasteiger partial charge in [-0.25, -0.2) is 0 Å². The second kappa shape index (κ2) is 7.80. The fourth-order valence-corrected chi connectivity index (χ4v) is 3.45. The molecule has 3 rings (SSSR count). The number of amides is 1. The van der Waals surface area contributed by atoms with Crippen LogP contribution >= 0.6 is 0 Å². The van der Waals surface area contributed by atoms with E-state index in [2.05, 4.69) is 20.4 Å². The molecule has 0 radical (unpaired) electrons. The Morgan fingerprint density at radius 1 is 1.28 bits per heavy atom. The molecule has 1 amide bonds. The normalized spacial score (nSPS) is 15.7. The van der Waals surface area contributed by atoms with E-state index in [-0.39, 0.29) is 11.9 Å². The van der Waals surface area contributed by atoms with Crippen LogP contribution in [0.1, 0.15) is 86.6 Å². The number of carbonyl (C=O) groups is 1. The highest BCUT2D eigenvalue weighted by Gasteiger charge is 2.28.